The van der Waals surface area contributed by atoms with E-state index >= 15 is 0 Å². The number of anilines is 2. The SMILES string of the molecule is CCCOc1ccc(C(=O)Nc2cnn(C)c(=O)c2N2CCCCC2)cc1. The summed E-state index contributed by atoms with van der Waals surface area (Å²) in [4.78, 5) is 27.4. The van der Waals surface area contributed by atoms with E-state index < -0.39 is 0 Å². The molecule has 1 fully saturated rings. The van der Waals surface area contributed by atoms with Gasteiger partial charge in [0.15, 0.2) is 0 Å². The third-order valence-corrected chi connectivity index (χ3v) is 4.62. The number of carbonyl (C=O) groups excluding carboxylic acids is 1. The molecule has 1 saturated heterocycles. The highest BCUT2D eigenvalue weighted by Gasteiger charge is 2.21. The fraction of sp³-hybridized carbons (Fsp3) is 0.450. The maximum Gasteiger partial charge on any atom is 0.292 e. The van der Waals surface area contributed by atoms with Crippen molar-refractivity contribution in [2.75, 3.05) is 29.9 Å². The minimum absolute atomic E-state index is 0.196. The first kappa shape index (κ1) is 18.9. The van der Waals surface area contributed by atoms with Crippen molar-refractivity contribution in [3.05, 3.63) is 46.4 Å². The number of hydrogen-bond donors (Lipinski definition) is 1. The van der Waals surface area contributed by atoms with Gasteiger partial charge in [-0.2, -0.15) is 5.10 Å². The molecule has 0 radical (unpaired) electrons. The number of carbonyl (C=O) groups is 1. The Balaban J connectivity index is 1.81. The molecule has 2 heterocycles. The summed E-state index contributed by atoms with van der Waals surface area (Å²) < 4.78 is 6.85. The van der Waals surface area contributed by atoms with E-state index in [-0.39, 0.29) is 11.5 Å². The molecule has 1 aliphatic heterocycles. The van der Waals surface area contributed by atoms with Crippen LogP contribution in [0.1, 0.15) is 43.0 Å². The van der Waals surface area contributed by atoms with Crippen LogP contribution >= 0.6 is 0 Å². The molecule has 7 heteroatoms. The van der Waals surface area contributed by atoms with Gasteiger partial charge in [0, 0.05) is 25.7 Å². The number of aromatic nitrogens is 2. The fourth-order valence-electron chi connectivity index (χ4n) is 3.16. The summed E-state index contributed by atoms with van der Waals surface area (Å²) in [6.07, 6.45) is 5.71. The Hall–Kier alpha value is -2.83. The number of rotatable bonds is 6. The van der Waals surface area contributed by atoms with E-state index in [0.29, 0.717) is 23.5 Å². The van der Waals surface area contributed by atoms with Crippen LogP contribution < -0.4 is 20.5 Å². The maximum absolute atomic E-state index is 12.7. The van der Waals surface area contributed by atoms with Crippen molar-refractivity contribution in [1.82, 2.24) is 9.78 Å². The highest BCUT2D eigenvalue weighted by Crippen LogP contribution is 2.24. The number of piperidine rings is 1. The molecule has 7 nitrogen and oxygen atoms in total. The first-order chi connectivity index (χ1) is 13.1. The third kappa shape index (κ3) is 4.48. The molecule has 1 aliphatic rings. The highest BCUT2D eigenvalue weighted by molar-refractivity contribution is 6.05. The Morgan fingerprint density at radius 1 is 1.19 bits per heavy atom. The standard InChI is InChI=1S/C20H26N4O3/c1-3-13-27-16-9-7-15(8-10-16)19(25)22-17-14-21-23(2)20(26)18(17)24-11-5-4-6-12-24/h7-10,14H,3-6,11-13H2,1-2H3,(H,22,25). The molecule has 1 N–H and O–H groups in total. The van der Waals surface area contributed by atoms with Crippen LogP contribution in [0, 0.1) is 0 Å². The molecule has 0 aliphatic carbocycles. The van der Waals surface area contributed by atoms with Gasteiger partial charge in [-0.3, -0.25) is 9.59 Å². The third-order valence-electron chi connectivity index (χ3n) is 4.62. The number of aryl methyl sites for hydroxylation is 1. The van der Waals surface area contributed by atoms with Crippen LogP contribution in [0.3, 0.4) is 0 Å². The lowest BCUT2D eigenvalue weighted by atomic mass is 10.1. The Bertz CT molecular complexity index is 839. The summed E-state index contributed by atoms with van der Waals surface area (Å²) in [5, 5.41) is 6.93. The van der Waals surface area contributed by atoms with Crippen molar-refractivity contribution in [2.45, 2.75) is 32.6 Å². The van der Waals surface area contributed by atoms with Crippen LogP contribution in [0.2, 0.25) is 0 Å². The second kappa shape index (κ2) is 8.70. The monoisotopic (exact) mass is 370 g/mol. The molecule has 1 aromatic heterocycles. The van der Waals surface area contributed by atoms with E-state index in [0.717, 1.165) is 44.5 Å². The van der Waals surface area contributed by atoms with Gasteiger partial charge in [-0.15, -0.1) is 0 Å². The Morgan fingerprint density at radius 2 is 1.89 bits per heavy atom. The van der Waals surface area contributed by atoms with E-state index in [2.05, 4.69) is 10.4 Å². The first-order valence-corrected chi connectivity index (χ1v) is 9.45. The number of nitrogens with zero attached hydrogens (tertiary/aromatic N) is 3. The molecular weight excluding hydrogens is 344 g/mol. The van der Waals surface area contributed by atoms with Crippen LogP contribution in [0.5, 0.6) is 5.75 Å². The lowest BCUT2D eigenvalue weighted by Gasteiger charge is -2.29. The van der Waals surface area contributed by atoms with Crippen molar-refractivity contribution in [3.63, 3.8) is 0 Å². The summed E-state index contributed by atoms with van der Waals surface area (Å²) in [5.41, 5.74) is 1.28. The number of hydrogen-bond acceptors (Lipinski definition) is 5. The largest absolute Gasteiger partial charge is 0.494 e. The van der Waals surface area contributed by atoms with Crippen molar-refractivity contribution in [2.24, 2.45) is 7.05 Å². The van der Waals surface area contributed by atoms with Crippen molar-refractivity contribution >= 4 is 17.3 Å². The summed E-state index contributed by atoms with van der Waals surface area (Å²) >= 11 is 0. The number of benzene rings is 1. The molecule has 1 aromatic carbocycles. The van der Waals surface area contributed by atoms with E-state index in [9.17, 15) is 9.59 Å². The summed E-state index contributed by atoms with van der Waals surface area (Å²) in [6, 6.07) is 6.99. The smallest absolute Gasteiger partial charge is 0.292 e. The second-order valence-electron chi connectivity index (χ2n) is 6.71. The molecule has 0 unspecified atom stereocenters. The van der Waals surface area contributed by atoms with E-state index in [1.54, 1.807) is 37.5 Å². The Morgan fingerprint density at radius 3 is 2.56 bits per heavy atom. The predicted octanol–water partition coefficient (Wildman–Crippen LogP) is 2.81. The van der Waals surface area contributed by atoms with Crippen LogP contribution in [-0.2, 0) is 7.05 Å². The normalized spacial score (nSPS) is 14.1. The number of nitrogens with one attached hydrogen (secondary N) is 1. The van der Waals surface area contributed by atoms with Gasteiger partial charge in [0.05, 0.1) is 18.5 Å². The van der Waals surface area contributed by atoms with Crippen molar-refractivity contribution < 1.29 is 9.53 Å². The lowest BCUT2D eigenvalue weighted by molar-refractivity contribution is 0.102. The van der Waals surface area contributed by atoms with Gasteiger partial charge in [0.25, 0.3) is 11.5 Å². The van der Waals surface area contributed by atoms with E-state index in [1.807, 2.05) is 11.8 Å². The molecule has 3 rings (SSSR count). The quantitative estimate of drug-likeness (QED) is 0.846. The second-order valence-corrected chi connectivity index (χ2v) is 6.71. The van der Waals surface area contributed by atoms with Gasteiger partial charge < -0.3 is 15.0 Å². The molecule has 2 aromatic rings. The van der Waals surface area contributed by atoms with Crippen LogP contribution in [0.4, 0.5) is 11.4 Å². The molecular formula is C20H26N4O3. The van der Waals surface area contributed by atoms with Crippen LogP contribution in [0.15, 0.2) is 35.3 Å². The molecule has 0 atom stereocenters. The topological polar surface area (TPSA) is 76.5 Å². The molecule has 27 heavy (non-hydrogen) atoms. The van der Waals surface area contributed by atoms with Crippen molar-refractivity contribution in [3.8, 4) is 5.75 Å². The average molecular weight is 370 g/mol. The van der Waals surface area contributed by atoms with Gasteiger partial charge in [-0.05, 0) is 49.9 Å². The number of amides is 1. The summed E-state index contributed by atoms with van der Waals surface area (Å²) in [5.74, 6) is 0.461. The van der Waals surface area contributed by atoms with Gasteiger partial charge in [-0.25, -0.2) is 4.68 Å². The number of ether oxygens (including phenoxy) is 1. The molecule has 0 saturated carbocycles. The van der Waals surface area contributed by atoms with E-state index in [4.69, 9.17) is 4.74 Å². The van der Waals surface area contributed by atoms with Crippen LogP contribution in [-0.4, -0.2) is 35.4 Å². The highest BCUT2D eigenvalue weighted by atomic mass is 16.5. The fourth-order valence-corrected chi connectivity index (χ4v) is 3.16. The zero-order valence-corrected chi connectivity index (χ0v) is 15.9. The minimum atomic E-state index is -0.273. The summed E-state index contributed by atoms with van der Waals surface area (Å²) in [7, 11) is 1.62. The molecule has 0 bridgehead atoms. The van der Waals surface area contributed by atoms with Gasteiger partial charge in [-0.1, -0.05) is 6.92 Å². The van der Waals surface area contributed by atoms with Gasteiger partial charge in [0.1, 0.15) is 11.4 Å². The zero-order chi connectivity index (χ0) is 19.2. The Kier molecular flexibility index (Phi) is 6.11. The average Bonchev–Trinajstić information content (AvgIpc) is 2.70. The summed E-state index contributed by atoms with van der Waals surface area (Å²) in [6.45, 7) is 4.31. The molecule has 0 spiro atoms. The lowest BCUT2D eigenvalue weighted by Crippen LogP contribution is -2.37. The molecule has 144 valence electrons. The Labute approximate surface area is 158 Å². The van der Waals surface area contributed by atoms with Gasteiger partial charge in [0.2, 0.25) is 0 Å². The van der Waals surface area contributed by atoms with Crippen molar-refractivity contribution in [1.29, 1.82) is 0 Å². The zero-order valence-electron chi connectivity index (χ0n) is 15.9. The minimum Gasteiger partial charge on any atom is -0.494 e. The van der Waals surface area contributed by atoms with Gasteiger partial charge >= 0.3 is 0 Å². The maximum atomic E-state index is 12.7. The predicted molar refractivity (Wildman–Crippen MR) is 106 cm³/mol. The first-order valence-electron chi connectivity index (χ1n) is 9.45. The molecule has 1 amide bonds. The van der Waals surface area contributed by atoms with E-state index in [1.165, 1.54) is 4.68 Å². The van der Waals surface area contributed by atoms with Crippen LogP contribution in [0.25, 0.3) is 0 Å².